The van der Waals surface area contributed by atoms with Gasteiger partial charge >= 0.3 is 0 Å². The summed E-state index contributed by atoms with van der Waals surface area (Å²) < 4.78 is 1.04. The zero-order valence-electron chi connectivity index (χ0n) is 8.43. The van der Waals surface area contributed by atoms with E-state index in [2.05, 4.69) is 20.9 Å². The first-order chi connectivity index (χ1) is 7.79. The molecule has 82 valence electrons. The highest BCUT2D eigenvalue weighted by molar-refractivity contribution is 9.10. The summed E-state index contributed by atoms with van der Waals surface area (Å²) in [6, 6.07) is 11.7. The Kier molecular flexibility index (Phi) is 3.98. The van der Waals surface area contributed by atoms with Crippen LogP contribution >= 0.6 is 27.7 Å². The van der Waals surface area contributed by atoms with Crippen molar-refractivity contribution in [3.8, 4) is 0 Å². The molecule has 16 heavy (non-hydrogen) atoms. The number of hydrogen-bond acceptors (Lipinski definition) is 3. The van der Waals surface area contributed by atoms with Gasteiger partial charge < -0.3 is 5.11 Å². The van der Waals surface area contributed by atoms with Gasteiger partial charge in [0, 0.05) is 21.1 Å². The maximum atomic E-state index is 9.19. The van der Waals surface area contributed by atoms with Crippen LogP contribution in [0, 0.1) is 0 Å². The maximum Gasteiger partial charge on any atom is 0.106 e. The molecule has 0 aliphatic rings. The van der Waals surface area contributed by atoms with Gasteiger partial charge in [0.1, 0.15) is 5.03 Å². The average Bonchev–Trinajstić information content (AvgIpc) is 2.30. The first kappa shape index (κ1) is 11.6. The number of nitrogens with zero attached hydrogens (tertiary/aromatic N) is 1. The van der Waals surface area contributed by atoms with Gasteiger partial charge in [-0.15, -0.1) is 0 Å². The van der Waals surface area contributed by atoms with Crippen molar-refractivity contribution in [2.75, 3.05) is 0 Å². The molecular formula is C12H10BrNOS. The summed E-state index contributed by atoms with van der Waals surface area (Å²) in [6.45, 7) is 0.0180. The molecule has 1 heterocycles. The Morgan fingerprint density at radius 1 is 1.25 bits per heavy atom. The highest BCUT2D eigenvalue weighted by Gasteiger charge is 2.04. The fourth-order valence-electron chi connectivity index (χ4n) is 1.28. The second kappa shape index (κ2) is 5.48. The highest BCUT2D eigenvalue weighted by Crippen LogP contribution is 2.30. The van der Waals surface area contributed by atoms with Crippen molar-refractivity contribution >= 4 is 27.7 Å². The molecule has 2 aromatic rings. The molecule has 1 aromatic carbocycles. The average molecular weight is 296 g/mol. The molecule has 0 aliphatic carbocycles. The fraction of sp³-hybridized carbons (Fsp3) is 0.0833. The van der Waals surface area contributed by atoms with Crippen LogP contribution in [-0.2, 0) is 6.61 Å². The minimum absolute atomic E-state index is 0.0180. The van der Waals surface area contributed by atoms with Crippen LogP contribution in [0.25, 0.3) is 0 Å². The van der Waals surface area contributed by atoms with Gasteiger partial charge in [0.05, 0.1) is 6.61 Å². The minimum Gasteiger partial charge on any atom is -0.392 e. The van der Waals surface area contributed by atoms with Crippen molar-refractivity contribution in [2.24, 2.45) is 0 Å². The molecule has 0 fully saturated rings. The van der Waals surface area contributed by atoms with Gasteiger partial charge in [-0.3, -0.25) is 0 Å². The summed E-state index contributed by atoms with van der Waals surface area (Å²) in [6.07, 6.45) is 1.74. The Bertz CT molecular complexity index is 490. The Labute approximate surface area is 107 Å². The predicted octanol–water partition coefficient (Wildman–Crippen LogP) is 3.49. The number of benzene rings is 1. The van der Waals surface area contributed by atoms with E-state index in [0.717, 1.165) is 20.0 Å². The van der Waals surface area contributed by atoms with Gasteiger partial charge in [-0.1, -0.05) is 39.8 Å². The smallest absolute Gasteiger partial charge is 0.106 e. The summed E-state index contributed by atoms with van der Waals surface area (Å²) in [5.74, 6) is 0. The summed E-state index contributed by atoms with van der Waals surface area (Å²) in [5, 5.41) is 10.0. The van der Waals surface area contributed by atoms with E-state index < -0.39 is 0 Å². The van der Waals surface area contributed by atoms with Crippen LogP contribution < -0.4 is 0 Å². The summed E-state index contributed by atoms with van der Waals surface area (Å²) in [7, 11) is 0. The summed E-state index contributed by atoms with van der Waals surface area (Å²) in [4.78, 5) is 5.36. The van der Waals surface area contributed by atoms with E-state index in [1.807, 2.05) is 36.4 Å². The standard InChI is InChI=1S/C12H10BrNOS/c13-10-4-1-5-11(7-10)16-12-9(8-15)3-2-6-14-12/h1-7,15H,8H2. The molecule has 0 atom stereocenters. The van der Waals surface area contributed by atoms with E-state index in [1.54, 1.807) is 18.0 Å². The first-order valence-electron chi connectivity index (χ1n) is 4.78. The lowest BCUT2D eigenvalue weighted by molar-refractivity contribution is 0.278. The van der Waals surface area contributed by atoms with E-state index in [9.17, 15) is 5.11 Å². The van der Waals surface area contributed by atoms with Gasteiger partial charge in [0.2, 0.25) is 0 Å². The van der Waals surface area contributed by atoms with Crippen molar-refractivity contribution in [1.29, 1.82) is 0 Å². The van der Waals surface area contributed by atoms with Gasteiger partial charge in [-0.05, 0) is 24.3 Å². The molecule has 1 aromatic heterocycles. The molecule has 2 rings (SSSR count). The van der Waals surface area contributed by atoms with Crippen molar-refractivity contribution in [2.45, 2.75) is 16.5 Å². The van der Waals surface area contributed by atoms with E-state index in [0.29, 0.717) is 0 Å². The van der Waals surface area contributed by atoms with Crippen LogP contribution in [0.15, 0.2) is 57.0 Å². The van der Waals surface area contributed by atoms with Crippen molar-refractivity contribution < 1.29 is 5.11 Å². The topological polar surface area (TPSA) is 33.1 Å². The van der Waals surface area contributed by atoms with E-state index in [1.165, 1.54) is 0 Å². The van der Waals surface area contributed by atoms with Crippen molar-refractivity contribution in [3.63, 3.8) is 0 Å². The highest BCUT2D eigenvalue weighted by atomic mass is 79.9. The largest absolute Gasteiger partial charge is 0.392 e. The van der Waals surface area contributed by atoms with Crippen LogP contribution in [0.1, 0.15) is 5.56 Å². The van der Waals surface area contributed by atoms with Crippen LogP contribution in [0.3, 0.4) is 0 Å². The molecule has 0 bridgehead atoms. The molecule has 4 heteroatoms. The number of rotatable bonds is 3. The van der Waals surface area contributed by atoms with E-state index >= 15 is 0 Å². The number of pyridine rings is 1. The first-order valence-corrected chi connectivity index (χ1v) is 6.39. The Morgan fingerprint density at radius 2 is 2.12 bits per heavy atom. The Balaban J connectivity index is 2.26. The molecular weight excluding hydrogens is 286 g/mol. The third-order valence-electron chi connectivity index (χ3n) is 2.03. The lowest BCUT2D eigenvalue weighted by atomic mass is 10.3. The van der Waals surface area contributed by atoms with Gasteiger partial charge in [0.15, 0.2) is 0 Å². The molecule has 0 unspecified atom stereocenters. The fourth-order valence-corrected chi connectivity index (χ4v) is 2.76. The van der Waals surface area contributed by atoms with Crippen LogP contribution in [0.5, 0.6) is 0 Å². The molecule has 0 saturated heterocycles. The third-order valence-corrected chi connectivity index (χ3v) is 3.57. The normalized spacial score (nSPS) is 10.4. The van der Waals surface area contributed by atoms with Gasteiger partial charge in [-0.2, -0.15) is 0 Å². The Morgan fingerprint density at radius 3 is 2.88 bits per heavy atom. The van der Waals surface area contributed by atoms with Gasteiger partial charge in [0.25, 0.3) is 0 Å². The molecule has 0 aliphatic heterocycles. The van der Waals surface area contributed by atoms with Crippen molar-refractivity contribution in [1.82, 2.24) is 4.98 Å². The summed E-state index contributed by atoms with van der Waals surface area (Å²) >= 11 is 4.98. The molecule has 0 amide bonds. The third kappa shape index (κ3) is 2.84. The molecule has 2 nitrogen and oxygen atoms in total. The zero-order chi connectivity index (χ0) is 11.4. The second-order valence-electron chi connectivity index (χ2n) is 3.19. The van der Waals surface area contributed by atoms with Crippen LogP contribution in [0.2, 0.25) is 0 Å². The lowest BCUT2D eigenvalue weighted by Gasteiger charge is -2.05. The second-order valence-corrected chi connectivity index (χ2v) is 5.16. The molecule has 0 saturated carbocycles. The molecule has 0 radical (unpaired) electrons. The predicted molar refractivity (Wildman–Crippen MR) is 68.4 cm³/mol. The number of halogens is 1. The van der Waals surface area contributed by atoms with Crippen LogP contribution in [-0.4, -0.2) is 10.1 Å². The van der Waals surface area contributed by atoms with E-state index in [-0.39, 0.29) is 6.61 Å². The zero-order valence-corrected chi connectivity index (χ0v) is 10.8. The van der Waals surface area contributed by atoms with Crippen molar-refractivity contribution in [3.05, 3.63) is 52.6 Å². The quantitative estimate of drug-likeness (QED) is 0.941. The monoisotopic (exact) mass is 295 g/mol. The molecule has 0 spiro atoms. The Hall–Kier alpha value is -0.840. The van der Waals surface area contributed by atoms with E-state index in [4.69, 9.17) is 0 Å². The number of hydrogen-bond donors (Lipinski definition) is 1. The van der Waals surface area contributed by atoms with Gasteiger partial charge in [-0.25, -0.2) is 4.98 Å². The molecule has 1 N–H and O–H groups in total. The number of aromatic nitrogens is 1. The number of aliphatic hydroxyl groups excluding tert-OH is 1. The lowest BCUT2D eigenvalue weighted by Crippen LogP contribution is -1.89. The summed E-state index contributed by atoms with van der Waals surface area (Å²) in [5.41, 5.74) is 0.854. The SMILES string of the molecule is OCc1cccnc1Sc1cccc(Br)c1. The maximum absolute atomic E-state index is 9.19. The van der Waals surface area contributed by atoms with Crippen LogP contribution in [0.4, 0.5) is 0 Å². The number of aliphatic hydroxyl groups is 1. The minimum atomic E-state index is 0.0180.